The van der Waals surface area contributed by atoms with Gasteiger partial charge in [-0.2, -0.15) is 5.06 Å². The highest BCUT2D eigenvalue weighted by Gasteiger charge is 2.58. The summed E-state index contributed by atoms with van der Waals surface area (Å²) >= 11 is 0. The molecule has 1 saturated heterocycles. The fourth-order valence-corrected chi connectivity index (χ4v) is 10.1. The molecule has 3 aliphatic carbocycles. The number of hydroxylamine groups is 2. The Hall–Kier alpha value is -4.04. The third kappa shape index (κ3) is 8.78. The Morgan fingerprint density at radius 1 is 1.02 bits per heavy atom. The molecule has 2 bridgehead atoms. The molecule has 10 atom stereocenters. The van der Waals surface area contributed by atoms with Gasteiger partial charge in [-0.05, 0) is 92.8 Å². The number of benzene rings is 3. The van der Waals surface area contributed by atoms with Gasteiger partial charge in [0.2, 0.25) is 5.91 Å². The number of para-hydroxylation sites is 1. The van der Waals surface area contributed by atoms with Crippen LogP contribution in [0.15, 0.2) is 66.7 Å². The van der Waals surface area contributed by atoms with Gasteiger partial charge in [-0.25, -0.2) is 0 Å². The number of aliphatic hydroxyl groups is 3. The molecule has 2 amide bonds. The highest BCUT2D eigenvalue weighted by atomic mass is 16.7. The molecule has 3 aromatic carbocycles. The molecule has 58 heavy (non-hydrogen) atoms. The van der Waals surface area contributed by atoms with E-state index in [1.54, 1.807) is 14.0 Å². The number of ether oxygens (including phenoxy) is 1. The summed E-state index contributed by atoms with van der Waals surface area (Å²) in [5.74, 6) is 0.462. The minimum Gasteiger partial charge on any atom is -0.496 e. The number of likely N-dealkylation sites (N-methyl/N-ethyl adjacent to an activating group) is 1. The van der Waals surface area contributed by atoms with Crippen molar-refractivity contribution in [1.82, 2.24) is 20.6 Å². The van der Waals surface area contributed by atoms with Crippen LogP contribution in [0.25, 0.3) is 11.1 Å². The van der Waals surface area contributed by atoms with E-state index in [-0.39, 0.29) is 35.2 Å². The smallest absolute Gasteiger partial charge is 0.251 e. The predicted molar refractivity (Wildman–Crippen MR) is 226 cm³/mol. The number of nitrogens with one attached hydrogen (secondary N) is 2. The van der Waals surface area contributed by atoms with Crippen molar-refractivity contribution in [2.75, 3.05) is 60.0 Å². The van der Waals surface area contributed by atoms with Crippen molar-refractivity contribution >= 4 is 17.5 Å². The third-order valence-electron chi connectivity index (χ3n) is 13.4. The summed E-state index contributed by atoms with van der Waals surface area (Å²) in [4.78, 5) is 38.9. The first kappa shape index (κ1) is 43.5. The van der Waals surface area contributed by atoms with Gasteiger partial charge in [0.05, 0.1) is 32.5 Å². The van der Waals surface area contributed by atoms with Crippen molar-refractivity contribution in [1.29, 1.82) is 0 Å². The minimum absolute atomic E-state index is 0.0359. The lowest BCUT2D eigenvalue weighted by atomic mass is 9.45. The van der Waals surface area contributed by atoms with Crippen LogP contribution >= 0.6 is 0 Å². The Bertz CT molecular complexity index is 1890. The first-order chi connectivity index (χ1) is 27.6. The largest absolute Gasteiger partial charge is 0.496 e. The number of amides is 2. The van der Waals surface area contributed by atoms with Crippen LogP contribution in [0.5, 0.6) is 5.75 Å². The van der Waals surface area contributed by atoms with E-state index >= 15 is 0 Å². The van der Waals surface area contributed by atoms with Crippen molar-refractivity contribution in [2.24, 2.45) is 29.1 Å². The van der Waals surface area contributed by atoms with Crippen LogP contribution in [0.4, 0.5) is 5.69 Å². The van der Waals surface area contributed by atoms with Gasteiger partial charge >= 0.3 is 0 Å². The van der Waals surface area contributed by atoms with Gasteiger partial charge in [0.25, 0.3) is 5.91 Å². The number of carbonyl (C=O) groups excluding carboxylic acids is 2. The number of methoxy groups -OCH3 is 1. The van der Waals surface area contributed by atoms with E-state index in [0.29, 0.717) is 47.2 Å². The van der Waals surface area contributed by atoms with Crippen molar-refractivity contribution in [2.45, 2.75) is 83.3 Å². The zero-order valence-corrected chi connectivity index (χ0v) is 35.7. The third-order valence-corrected chi connectivity index (χ3v) is 13.4. The standard InChI is InChI=1S/C46H65N5O7/c1-27-37-22-32(46(37,3)4)23-38(27)48-45(56)42-41(28(2)54)40(26-53)58-51(42)39(25-52)36-17-13-16-35(43(36)57-9)30-19-31(21-34(20-30)50(7)8)44(55)47-33(24-49(5)6)18-29-14-11-10-12-15-29/h10-17,19-21,27-28,32-33,37-42,52-54H,18,22-26H2,1-9H3,(H,47,55)(H,48,56)/t27-,28?,32+,33-,37-,38?,39?,40-,41+,42-/m0/s1. The van der Waals surface area contributed by atoms with Crippen molar-refractivity contribution in [3.05, 3.63) is 83.4 Å². The quantitative estimate of drug-likeness (QED) is 0.140. The highest BCUT2D eigenvalue weighted by molar-refractivity contribution is 5.97. The second kappa shape index (κ2) is 18.1. The molecule has 4 aliphatic rings. The predicted octanol–water partition coefficient (Wildman–Crippen LogP) is 4.52. The molecule has 4 fully saturated rings. The number of anilines is 1. The van der Waals surface area contributed by atoms with Gasteiger partial charge in [-0.1, -0.05) is 69.3 Å². The van der Waals surface area contributed by atoms with Gasteiger partial charge in [0.15, 0.2) is 0 Å². The van der Waals surface area contributed by atoms with Crippen LogP contribution in [0.1, 0.15) is 68.1 Å². The summed E-state index contributed by atoms with van der Waals surface area (Å²) in [6.45, 7) is 8.22. The molecule has 1 heterocycles. The number of rotatable bonds is 16. The van der Waals surface area contributed by atoms with E-state index in [0.717, 1.165) is 23.2 Å². The molecular weight excluding hydrogens is 735 g/mol. The minimum atomic E-state index is -1.01. The Morgan fingerprint density at radius 2 is 1.74 bits per heavy atom. The maximum atomic E-state index is 14.5. The van der Waals surface area contributed by atoms with Crippen LogP contribution in [0.3, 0.4) is 0 Å². The average molecular weight is 800 g/mol. The summed E-state index contributed by atoms with van der Waals surface area (Å²) in [6, 6.07) is 19.3. The summed E-state index contributed by atoms with van der Waals surface area (Å²) in [7, 11) is 9.37. The van der Waals surface area contributed by atoms with Crippen LogP contribution in [0.2, 0.25) is 0 Å². The highest BCUT2D eigenvalue weighted by Crippen LogP contribution is 2.61. The SMILES string of the molecule is COc1c(-c2cc(C(=O)N[C@@H](Cc3ccccc3)CN(C)C)cc(N(C)C)c2)cccc1C(CO)N1O[C@@H](CO)[C@@H](C(C)O)[C@H]1C(=O)NC1C[C@H]2C[C@@H]([C@@H]1C)C2(C)C. The Kier molecular flexibility index (Phi) is 13.6. The number of nitrogens with zero attached hydrogens (tertiary/aromatic N) is 3. The summed E-state index contributed by atoms with van der Waals surface area (Å²) in [6.07, 6.45) is 0.838. The van der Waals surface area contributed by atoms with Crippen molar-refractivity contribution in [3.63, 3.8) is 0 Å². The number of fused-ring (bicyclic) bond motifs is 2. The monoisotopic (exact) mass is 799 g/mol. The van der Waals surface area contributed by atoms with E-state index in [1.165, 1.54) is 11.5 Å². The lowest BCUT2D eigenvalue weighted by molar-refractivity contribution is -0.206. The van der Waals surface area contributed by atoms with Gasteiger partial charge in [-0.3, -0.25) is 14.4 Å². The molecule has 1 aliphatic heterocycles. The summed E-state index contributed by atoms with van der Waals surface area (Å²) < 4.78 is 6.13. The first-order valence-electron chi connectivity index (χ1n) is 20.7. The first-order valence-corrected chi connectivity index (χ1v) is 20.7. The number of aliphatic hydroxyl groups excluding tert-OH is 3. The molecule has 316 valence electrons. The van der Waals surface area contributed by atoms with Gasteiger partial charge < -0.3 is 40.5 Å². The van der Waals surface area contributed by atoms with Gasteiger partial charge in [0, 0.05) is 61.0 Å². The molecule has 0 spiro atoms. The number of hydrogen-bond donors (Lipinski definition) is 5. The van der Waals surface area contributed by atoms with E-state index in [9.17, 15) is 24.9 Å². The molecule has 3 aromatic rings. The maximum absolute atomic E-state index is 14.5. The molecule has 3 saturated carbocycles. The van der Waals surface area contributed by atoms with E-state index < -0.39 is 43.4 Å². The van der Waals surface area contributed by atoms with Crippen LogP contribution in [0, 0.1) is 29.1 Å². The van der Waals surface area contributed by atoms with Gasteiger partial charge in [0.1, 0.15) is 17.9 Å². The molecule has 7 rings (SSSR count). The number of hydrogen-bond acceptors (Lipinski definition) is 10. The molecule has 3 unspecified atom stereocenters. The zero-order chi connectivity index (χ0) is 42.1. The molecular formula is C46H65N5O7. The number of carbonyl (C=O) groups is 2. The molecule has 12 heteroatoms. The second-order valence-electron chi connectivity index (χ2n) is 17.9. The molecule has 12 nitrogen and oxygen atoms in total. The molecule has 5 N–H and O–H groups in total. The van der Waals surface area contributed by atoms with Crippen LogP contribution in [-0.4, -0.2) is 122 Å². The second-order valence-corrected chi connectivity index (χ2v) is 17.9. The summed E-state index contributed by atoms with van der Waals surface area (Å²) in [5.41, 5.74) is 4.61. The van der Waals surface area contributed by atoms with Crippen molar-refractivity contribution in [3.8, 4) is 16.9 Å². The Morgan fingerprint density at radius 3 is 2.33 bits per heavy atom. The fourth-order valence-electron chi connectivity index (χ4n) is 10.1. The maximum Gasteiger partial charge on any atom is 0.251 e. The van der Waals surface area contributed by atoms with Gasteiger partial charge in [-0.15, -0.1) is 0 Å². The van der Waals surface area contributed by atoms with E-state index in [2.05, 4.69) is 48.4 Å². The topological polar surface area (TPSA) is 147 Å². The Labute approximate surface area is 344 Å². The lowest BCUT2D eigenvalue weighted by Crippen LogP contribution is -2.62. The van der Waals surface area contributed by atoms with Crippen LogP contribution < -0.4 is 20.3 Å². The van der Waals surface area contributed by atoms with Crippen LogP contribution in [-0.2, 0) is 16.1 Å². The van der Waals surface area contributed by atoms with E-state index in [4.69, 9.17) is 9.57 Å². The normalized spacial score (nSPS) is 26.7. The Balaban J connectivity index is 1.33. The zero-order valence-electron chi connectivity index (χ0n) is 35.7. The molecule has 0 aromatic heterocycles. The average Bonchev–Trinajstić information content (AvgIpc) is 3.58. The fraction of sp³-hybridized carbons (Fsp3) is 0.565. The lowest BCUT2D eigenvalue weighted by Gasteiger charge is -2.62. The summed E-state index contributed by atoms with van der Waals surface area (Å²) in [5, 5.41) is 40.8. The van der Waals surface area contributed by atoms with Crippen molar-refractivity contribution < 1.29 is 34.5 Å². The van der Waals surface area contributed by atoms with E-state index in [1.807, 2.05) is 87.7 Å². The molecule has 0 radical (unpaired) electrons.